The molecule has 2 aliphatic rings. The molecule has 7 heteroatoms. The summed E-state index contributed by atoms with van der Waals surface area (Å²) in [5, 5.41) is 0.885. The Bertz CT molecular complexity index is 2080. The number of hydrogen-bond donors (Lipinski definition) is 0. The highest BCUT2D eigenvalue weighted by Gasteiger charge is 2.35. The van der Waals surface area contributed by atoms with Gasteiger partial charge in [-0.15, -0.1) is 25.7 Å². The van der Waals surface area contributed by atoms with Gasteiger partial charge in [0.05, 0.1) is 27.0 Å². The fourth-order valence-corrected chi connectivity index (χ4v) is 6.33. The molecule has 2 heterocycles. The standard InChI is InChI=1S/C39H12O5P2/c1-5-9-13-17-25-45(26-18-14-10-6-2)33-23-21-31-38(43-29-41-31)35(33)37(40)36-34(24-22-32-39(36)44-30-42-32)46(27-19-15-11-7-3)28-20-16-12-8-4/h1-4,21-24H,29-30H2. The first-order valence-electron chi connectivity index (χ1n) is 12.5. The molecule has 0 bridgehead atoms. The van der Waals surface area contributed by atoms with E-state index in [9.17, 15) is 4.79 Å². The van der Waals surface area contributed by atoms with E-state index in [0.29, 0.717) is 22.1 Å². The molecule has 2 aromatic rings. The molecule has 4 rings (SSSR count). The maximum Gasteiger partial charge on any atom is 0.231 e. The zero-order chi connectivity index (χ0) is 32.6. The van der Waals surface area contributed by atoms with Crippen molar-refractivity contribution < 1.29 is 23.7 Å². The van der Waals surface area contributed by atoms with E-state index in [0.717, 1.165) is 0 Å². The van der Waals surface area contributed by atoms with E-state index >= 15 is 0 Å². The Labute approximate surface area is 270 Å². The molecule has 0 amide bonds. The molecule has 0 N–H and O–H groups in total. The third kappa shape index (κ3) is 7.64. The Morgan fingerprint density at radius 3 is 1.17 bits per heavy atom. The van der Waals surface area contributed by atoms with Gasteiger partial charge in [-0.05, 0) is 142 Å². The largest absolute Gasteiger partial charge is 0.454 e. The Balaban J connectivity index is 2.02. The summed E-state index contributed by atoms with van der Waals surface area (Å²) in [7, 11) is -3.43. The highest BCUT2D eigenvalue weighted by atomic mass is 31.1. The minimum absolute atomic E-state index is 0.111. The van der Waals surface area contributed by atoms with Crippen molar-refractivity contribution in [3.63, 3.8) is 0 Å². The monoisotopic (exact) mass is 622 g/mol. The molecule has 0 atom stereocenters. The Hall–Kier alpha value is -7.11. The number of carbonyl (C=O) groups excluding carboxylic acids is 1. The molecule has 2 aromatic carbocycles. The van der Waals surface area contributed by atoms with E-state index in [1.54, 1.807) is 24.3 Å². The molecule has 0 aliphatic carbocycles. The lowest BCUT2D eigenvalue weighted by Crippen LogP contribution is -2.21. The maximum atomic E-state index is 14.9. The van der Waals surface area contributed by atoms with E-state index in [1.807, 2.05) is 0 Å². The van der Waals surface area contributed by atoms with Gasteiger partial charge in [0.2, 0.25) is 19.4 Å². The predicted octanol–water partition coefficient (Wildman–Crippen LogP) is 2.98. The molecule has 0 spiro atoms. The van der Waals surface area contributed by atoms with Gasteiger partial charge < -0.3 is 18.9 Å². The molecule has 0 saturated heterocycles. The van der Waals surface area contributed by atoms with Crippen molar-refractivity contribution in [2.45, 2.75) is 0 Å². The van der Waals surface area contributed by atoms with Gasteiger partial charge in [-0.2, -0.15) is 0 Å². The number of ether oxygens (including phenoxy) is 4. The van der Waals surface area contributed by atoms with Crippen LogP contribution in [0.25, 0.3) is 0 Å². The molecule has 0 unspecified atom stereocenters. The van der Waals surface area contributed by atoms with Crippen LogP contribution in [0.5, 0.6) is 23.0 Å². The molecular weight excluding hydrogens is 610 g/mol. The summed E-state index contributed by atoms with van der Waals surface area (Å²) < 4.78 is 22.9. The molecule has 0 fully saturated rings. The van der Waals surface area contributed by atoms with Crippen LogP contribution in [-0.4, -0.2) is 19.4 Å². The molecule has 2 aliphatic heterocycles. The number of benzene rings is 2. The van der Waals surface area contributed by atoms with E-state index in [1.165, 1.54) is 0 Å². The highest BCUT2D eigenvalue weighted by molar-refractivity contribution is 7.75. The summed E-state index contributed by atoms with van der Waals surface area (Å²) in [6, 6.07) is 6.71. The Kier molecular flexibility index (Phi) is 11.4. The second-order valence-corrected chi connectivity index (χ2v) is 11.1. The molecule has 208 valence electrons. The van der Waals surface area contributed by atoms with Crippen LogP contribution in [0.15, 0.2) is 24.3 Å². The SMILES string of the molecule is C#CC#CC#CP(C#CC#CC#C)c1ccc2c(c1C(=O)c1c(P(C#CC#CC#C)C#CC#CC#C)ccc3c1OCO3)OCO2. The molecule has 0 radical (unpaired) electrons. The minimum Gasteiger partial charge on any atom is -0.454 e. The third-order valence-electron chi connectivity index (χ3n) is 5.43. The number of carbonyl (C=O) groups is 1. The molecule has 46 heavy (non-hydrogen) atoms. The van der Waals surface area contributed by atoms with Crippen molar-refractivity contribution in [1.82, 2.24) is 0 Å². The van der Waals surface area contributed by atoms with Crippen LogP contribution in [0.1, 0.15) is 15.9 Å². The Morgan fingerprint density at radius 2 is 0.848 bits per heavy atom. The molecule has 5 nitrogen and oxygen atoms in total. The average Bonchev–Trinajstić information content (AvgIpc) is 3.76. The quantitative estimate of drug-likeness (QED) is 0.299. The van der Waals surface area contributed by atoms with Crippen LogP contribution in [0.3, 0.4) is 0 Å². The normalized spacial score (nSPS) is 9.70. The van der Waals surface area contributed by atoms with E-state index in [4.69, 9.17) is 44.6 Å². The minimum atomic E-state index is -1.71. The fraction of sp³-hybridized carbons (Fsp3) is 0.0513. The molecule has 0 aromatic heterocycles. The van der Waals surface area contributed by atoms with Gasteiger partial charge >= 0.3 is 0 Å². The number of fused-ring (bicyclic) bond motifs is 2. The van der Waals surface area contributed by atoms with Crippen LogP contribution in [0.4, 0.5) is 0 Å². The summed E-state index contributed by atoms with van der Waals surface area (Å²) >= 11 is 0. The van der Waals surface area contributed by atoms with E-state index in [2.05, 4.69) is 117 Å². The van der Waals surface area contributed by atoms with Crippen LogP contribution >= 0.6 is 15.8 Å². The highest BCUT2D eigenvalue weighted by Crippen LogP contribution is 2.46. The number of terminal acetylenes is 4. The third-order valence-corrected chi connectivity index (χ3v) is 8.48. The maximum absolute atomic E-state index is 14.9. The molecule has 0 saturated carbocycles. The lowest BCUT2D eigenvalue weighted by Gasteiger charge is -2.17. The summed E-state index contributed by atoms with van der Waals surface area (Å²) in [6.45, 7) is -0.222. The van der Waals surface area contributed by atoms with Gasteiger partial charge in [-0.25, -0.2) is 0 Å². The van der Waals surface area contributed by atoms with Crippen molar-refractivity contribution >= 4 is 32.2 Å². The van der Waals surface area contributed by atoms with Crippen molar-refractivity contribution in [1.29, 1.82) is 0 Å². The van der Waals surface area contributed by atoms with Crippen LogP contribution in [0.2, 0.25) is 0 Å². The average molecular weight is 622 g/mol. The summed E-state index contributed by atoms with van der Waals surface area (Å²) in [5.74, 6) is 40.2. The van der Waals surface area contributed by atoms with E-state index in [-0.39, 0.29) is 36.2 Å². The van der Waals surface area contributed by atoms with Crippen LogP contribution in [0, 0.1) is 143 Å². The first-order valence-corrected chi connectivity index (χ1v) is 15.2. The van der Waals surface area contributed by atoms with Gasteiger partial charge in [0.15, 0.2) is 23.0 Å². The van der Waals surface area contributed by atoms with Crippen LogP contribution < -0.4 is 29.6 Å². The smallest absolute Gasteiger partial charge is 0.231 e. The zero-order valence-corrected chi connectivity index (χ0v) is 25.3. The first-order chi connectivity index (χ1) is 22.6. The number of hydrogen-bond acceptors (Lipinski definition) is 5. The van der Waals surface area contributed by atoms with Gasteiger partial charge in [0, 0.05) is 10.6 Å². The summed E-state index contributed by atoms with van der Waals surface area (Å²) in [5.41, 5.74) is 12.3. The second kappa shape index (κ2) is 16.5. The number of ketones is 1. The fourth-order valence-electron chi connectivity index (χ4n) is 3.76. The van der Waals surface area contributed by atoms with Crippen molar-refractivity contribution in [3.8, 4) is 166 Å². The second-order valence-electron chi connectivity index (χ2n) is 7.91. The lowest BCUT2D eigenvalue weighted by atomic mass is 10.0. The van der Waals surface area contributed by atoms with E-state index < -0.39 is 21.6 Å². The number of rotatable bonds is 4. The zero-order valence-electron chi connectivity index (χ0n) is 23.5. The first kappa shape index (κ1) is 31.8. The van der Waals surface area contributed by atoms with Crippen LogP contribution in [-0.2, 0) is 0 Å². The summed E-state index contributed by atoms with van der Waals surface area (Å²) in [6.07, 6.45) is 20.9. The topological polar surface area (TPSA) is 54.0 Å². The summed E-state index contributed by atoms with van der Waals surface area (Å²) in [4.78, 5) is 14.9. The van der Waals surface area contributed by atoms with Gasteiger partial charge in [0.1, 0.15) is 0 Å². The Morgan fingerprint density at radius 1 is 0.500 bits per heavy atom. The lowest BCUT2D eigenvalue weighted by molar-refractivity contribution is 0.103. The van der Waals surface area contributed by atoms with Gasteiger partial charge in [-0.1, -0.05) is 0 Å². The van der Waals surface area contributed by atoms with Crippen molar-refractivity contribution in [2.75, 3.05) is 13.6 Å². The van der Waals surface area contributed by atoms with Gasteiger partial charge in [0.25, 0.3) is 0 Å². The molecular formula is C39H12O5P2. The predicted molar refractivity (Wildman–Crippen MR) is 179 cm³/mol. The van der Waals surface area contributed by atoms with Crippen molar-refractivity contribution in [3.05, 3.63) is 35.4 Å². The van der Waals surface area contributed by atoms with Gasteiger partial charge in [-0.3, -0.25) is 4.79 Å². The van der Waals surface area contributed by atoms with Crippen molar-refractivity contribution in [2.24, 2.45) is 0 Å².